The van der Waals surface area contributed by atoms with Crippen LogP contribution in [-0.2, 0) is 19.6 Å². The first-order valence-electron chi connectivity index (χ1n) is 11.0. The molecule has 0 aliphatic heterocycles. The van der Waals surface area contributed by atoms with Crippen LogP contribution in [0.5, 0.6) is 0 Å². The quantitative estimate of drug-likeness (QED) is 0.356. The van der Waals surface area contributed by atoms with Crippen molar-refractivity contribution in [1.82, 2.24) is 19.7 Å². The summed E-state index contributed by atoms with van der Waals surface area (Å²) in [5, 5.41) is 4.74. The smallest absolute Gasteiger partial charge is 0.383 e. The molecule has 1 aliphatic rings. The molecule has 2 aromatic carbocycles. The molecule has 1 unspecified atom stereocenters. The van der Waals surface area contributed by atoms with Crippen LogP contribution in [-0.4, -0.2) is 38.3 Å². The molecule has 2 aromatic heterocycles. The molecule has 0 bridgehead atoms. The van der Waals surface area contributed by atoms with Gasteiger partial charge in [-0.25, -0.2) is 9.37 Å². The molecular formula is C24H18F7N5O. The maximum atomic E-state index is 15.1. The van der Waals surface area contributed by atoms with Crippen LogP contribution in [0.1, 0.15) is 39.5 Å². The molecule has 4 aromatic rings. The molecule has 0 fully saturated rings. The monoisotopic (exact) mass is 525 g/mol. The molecule has 1 amide bonds. The van der Waals surface area contributed by atoms with Crippen LogP contribution in [0.4, 0.5) is 36.6 Å². The highest BCUT2D eigenvalue weighted by molar-refractivity contribution is 6.10. The summed E-state index contributed by atoms with van der Waals surface area (Å²) in [7, 11) is 1.58. The van der Waals surface area contributed by atoms with Gasteiger partial charge < -0.3 is 10.6 Å². The predicted octanol–water partition coefficient (Wildman–Crippen LogP) is 5.55. The Kier molecular flexibility index (Phi) is 5.57. The van der Waals surface area contributed by atoms with Crippen LogP contribution in [0.15, 0.2) is 36.5 Å². The average molecular weight is 525 g/mol. The van der Waals surface area contributed by atoms with Gasteiger partial charge in [-0.05, 0) is 42.2 Å². The number of aryl methyl sites for hydroxylation is 2. The number of carbonyl (C=O) groups is 1. The van der Waals surface area contributed by atoms with E-state index in [1.807, 2.05) is 0 Å². The third kappa shape index (κ3) is 4.31. The molecule has 1 aliphatic carbocycles. The van der Waals surface area contributed by atoms with Crippen molar-refractivity contribution in [1.29, 1.82) is 0 Å². The summed E-state index contributed by atoms with van der Waals surface area (Å²) in [6.45, 7) is -1.71. The Hall–Kier alpha value is -3.90. The number of anilines is 1. The molecular weight excluding hydrogens is 507 g/mol. The van der Waals surface area contributed by atoms with E-state index in [1.54, 1.807) is 7.05 Å². The summed E-state index contributed by atoms with van der Waals surface area (Å²) in [5.41, 5.74) is 5.18. The number of alkyl halides is 6. The third-order valence-electron chi connectivity index (χ3n) is 6.53. The molecule has 0 saturated heterocycles. The Morgan fingerprint density at radius 1 is 1.14 bits per heavy atom. The zero-order valence-corrected chi connectivity index (χ0v) is 19.1. The van der Waals surface area contributed by atoms with Crippen LogP contribution >= 0.6 is 0 Å². The summed E-state index contributed by atoms with van der Waals surface area (Å²) < 4.78 is 96.6. The fourth-order valence-electron chi connectivity index (χ4n) is 4.91. The Balaban J connectivity index is 1.62. The van der Waals surface area contributed by atoms with Gasteiger partial charge in [-0.2, -0.15) is 31.4 Å². The van der Waals surface area contributed by atoms with E-state index in [0.717, 1.165) is 30.3 Å². The molecule has 6 nitrogen and oxygen atoms in total. The minimum atomic E-state index is -4.84. The van der Waals surface area contributed by atoms with Crippen LogP contribution < -0.4 is 5.73 Å². The van der Waals surface area contributed by atoms with Crippen molar-refractivity contribution in [3.63, 3.8) is 0 Å². The summed E-state index contributed by atoms with van der Waals surface area (Å²) in [6.07, 6.45) is -8.06. The highest BCUT2D eigenvalue weighted by Gasteiger charge is 2.41. The lowest BCUT2D eigenvalue weighted by Crippen LogP contribution is -2.41. The molecule has 2 N–H and O–H groups in total. The normalized spacial score (nSPS) is 15.9. The van der Waals surface area contributed by atoms with E-state index in [2.05, 4.69) is 10.1 Å². The molecule has 2 heterocycles. The van der Waals surface area contributed by atoms with Crippen molar-refractivity contribution in [2.24, 2.45) is 7.05 Å². The van der Waals surface area contributed by atoms with Crippen molar-refractivity contribution in [3.05, 3.63) is 64.6 Å². The number of amides is 1. The Morgan fingerprint density at radius 2 is 1.86 bits per heavy atom. The van der Waals surface area contributed by atoms with Gasteiger partial charge in [0.1, 0.15) is 18.2 Å². The van der Waals surface area contributed by atoms with Gasteiger partial charge in [-0.15, -0.1) is 0 Å². The van der Waals surface area contributed by atoms with Crippen LogP contribution in [0.3, 0.4) is 0 Å². The van der Waals surface area contributed by atoms with Gasteiger partial charge in [-0.1, -0.05) is 6.07 Å². The number of carbonyl (C=O) groups excluding carboxylic acids is 1. The van der Waals surface area contributed by atoms with E-state index in [0.29, 0.717) is 15.8 Å². The van der Waals surface area contributed by atoms with Crippen LogP contribution in [0, 0.1) is 5.82 Å². The number of nitrogen functional groups attached to an aromatic ring is 1. The van der Waals surface area contributed by atoms with Crippen molar-refractivity contribution >= 4 is 33.5 Å². The van der Waals surface area contributed by atoms with Crippen LogP contribution in [0.2, 0.25) is 0 Å². The molecule has 1 atom stereocenters. The number of fused-ring (bicyclic) bond motifs is 4. The number of hydrogen-bond acceptors (Lipinski definition) is 4. The Morgan fingerprint density at radius 3 is 2.54 bits per heavy atom. The number of nitrogens with zero attached hydrogens (tertiary/aromatic N) is 4. The van der Waals surface area contributed by atoms with Gasteiger partial charge >= 0.3 is 12.4 Å². The minimum absolute atomic E-state index is 0.0323. The molecule has 0 radical (unpaired) electrons. The summed E-state index contributed by atoms with van der Waals surface area (Å²) >= 11 is 0. The molecule has 0 spiro atoms. The zero-order valence-electron chi connectivity index (χ0n) is 19.1. The number of nitrogens with two attached hydrogens (primary N) is 1. The lowest BCUT2D eigenvalue weighted by molar-refractivity contribution is -0.145. The number of pyridine rings is 1. The first-order chi connectivity index (χ1) is 17.2. The number of rotatable bonds is 3. The van der Waals surface area contributed by atoms with Gasteiger partial charge in [0.2, 0.25) is 0 Å². The fraction of sp³-hybridized carbons (Fsp3) is 0.292. The van der Waals surface area contributed by atoms with E-state index in [1.165, 1.54) is 10.9 Å². The Labute approximate surface area is 204 Å². The topological polar surface area (TPSA) is 77.0 Å². The van der Waals surface area contributed by atoms with Crippen molar-refractivity contribution < 1.29 is 35.5 Å². The lowest BCUT2D eigenvalue weighted by atomic mass is 10.0. The van der Waals surface area contributed by atoms with Gasteiger partial charge in [0.05, 0.1) is 39.8 Å². The van der Waals surface area contributed by atoms with E-state index in [9.17, 15) is 31.1 Å². The molecule has 194 valence electrons. The first kappa shape index (κ1) is 24.8. The van der Waals surface area contributed by atoms with E-state index >= 15 is 4.39 Å². The largest absolute Gasteiger partial charge is 0.416 e. The maximum Gasteiger partial charge on any atom is 0.416 e. The zero-order chi connectivity index (χ0) is 26.9. The van der Waals surface area contributed by atoms with Crippen molar-refractivity contribution in [3.8, 4) is 0 Å². The molecule has 0 saturated carbocycles. The number of hydrogen-bond donors (Lipinski definition) is 1. The molecule has 37 heavy (non-hydrogen) atoms. The van der Waals surface area contributed by atoms with E-state index < -0.39 is 47.8 Å². The molecule has 5 rings (SSSR count). The van der Waals surface area contributed by atoms with E-state index in [-0.39, 0.29) is 40.7 Å². The lowest BCUT2D eigenvalue weighted by Gasteiger charge is -2.31. The highest BCUT2D eigenvalue weighted by atomic mass is 19.4. The number of aromatic nitrogens is 3. The minimum Gasteiger partial charge on any atom is -0.383 e. The second kappa shape index (κ2) is 8.32. The second-order valence-electron chi connectivity index (χ2n) is 8.89. The summed E-state index contributed by atoms with van der Waals surface area (Å²) in [4.78, 5) is 18.0. The predicted molar refractivity (Wildman–Crippen MR) is 120 cm³/mol. The average Bonchev–Trinajstić information content (AvgIpc) is 3.39. The SMILES string of the molecule is Cn1ncc2c(N)nc3cc(F)c(C(=O)N(CC(F)(F)F)C4CCc5cc(C(F)(F)F)ccc54)cc3c21. The standard InChI is InChI=1S/C24H18F7N5O/c1-35-20-15-7-14(17(25)8-18(15)34-21(32)16(20)9-33-35)22(37)36(10-23(26,27)28)19-5-2-11-6-12(24(29,30)31)3-4-13(11)19/h3-4,6-9,19H,2,5,10H2,1H3,(H2,32,34). The fourth-order valence-corrected chi connectivity index (χ4v) is 4.91. The van der Waals surface area contributed by atoms with Gasteiger partial charge in [-0.3, -0.25) is 9.48 Å². The second-order valence-corrected chi connectivity index (χ2v) is 8.89. The summed E-state index contributed by atoms with van der Waals surface area (Å²) in [5.74, 6) is -2.29. The maximum absolute atomic E-state index is 15.1. The van der Waals surface area contributed by atoms with Gasteiger partial charge in [0, 0.05) is 18.5 Å². The number of halogens is 7. The molecule has 13 heteroatoms. The highest BCUT2D eigenvalue weighted by Crippen LogP contribution is 2.41. The van der Waals surface area contributed by atoms with Crippen LogP contribution in [0.25, 0.3) is 21.8 Å². The number of benzene rings is 2. The van der Waals surface area contributed by atoms with Crippen molar-refractivity contribution in [2.45, 2.75) is 31.2 Å². The third-order valence-corrected chi connectivity index (χ3v) is 6.53. The van der Waals surface area contributed by atoms with E-state index in [4.69, 9.17) is 5.73 Å². The Bertz CT molecular complexity index is 1560. The summed E-state index contributed by atoms with van der Waals surface area (Å²) in [6, 6.07) is 3.54. The van der Waals surface area contributed by atoms with Gasteiger partial charge in [0.25, 0.3) is 5.91 Å². The van der Waals surface area contributed by atoms with Crippen molar-refractivity contribution in [2.75, 3.05) is 12.3 Å². The van der Waals surface area contributed by atoms with Gasteiger partial charge in [0.15, 0.2) is 0 Å². The first-order valence-corrected chi connectivity index (χ1v) is 11.0.